The highest BCUT2D eigenvalue weighted by molar-refractivity contribution is 6.31. The van der Waals surface area contributed by atoms with Crippen LogP contribution in [-0.2, 0) is 4.79 Å². The molecule has 0 saturated heterocycles. The fourth-order valence-corrected chi connectivity index (χ4v) is 1.34. The number of hydrogen-bond donors (Lipinski definition) is 2. The van der Waals surface area contributed by atoms with E-state index in [0.717, 1.165) is 4.57 Å². The quantitative estimate of drug-likeness (QED) is 0.709. The number of nitrogens with two attached hydrogens (primary N) is 2. The molecule has 0 aliphatic carbocycles. The Labute approximate surface area is 90.8 Å². The summed E-state index contributed by atoms with van der Waals surface area (Å²) in [5, 5.41) is -0.0735. The number of primary amides is 1. The standard InChI is InChI=1S/C8H11ClN4O2/c1-2-4(7(11)14)13-3-12-6(9)5(10)8(13)15/h3-4H,2,10H2,1H3,(H2,11,14). The number of carbonyl (C=O) groups excluding carboxylic acids is 1. The normalized spacial score (nSPS) is 12.4. The maximum Gasteiger partial charge on any atom is 0.278 e. The number of hydrogen-bond acceptors (Lipinski definition) is 4. The van der Waals surface area contributed by atoms with Crippen molar-refractivity contribution >= 4 is 23.2 Å². The molecule has 1 rings (SSSR count). The summed E-state index contributed by atoms with van der Waals surface area (Å²) in [4.78, 5) is 26.3. The monoisotopic (exact) mass is 230 g/mol. The van der Waals surface area contributed by atoms with Crippen molar-refractivity contribution in [3.8, 4) is 0 Å². The Kier molecular flexibility index (Phi) is 3.31. The van der Waals surface area contributed by atoms with Crippen molar-refractivity contribution in [3.05, 3.63) is 21.8 Å². The molecule has 1 unspecified atom stereocenters. The van der Waals surface area contributed by atoms with Crippen molar-refractivity contribution in [1.29, 1.82) is 0 Å². The number of amides is 1. The minimum atomic E-state index is -0.746. The van der Waals surface area contributed by atoms with Gasteiger partial charge in [0.05, 0.1) is 0 Å². The Hall–Kier alpha value is -1.56. The number of aromatic nitrogens is 2. The molecular formula is C8H11ClN4O2. The Balaban J connectivity index is 3.32. The molecular weight excluding hydrogens is 220 g/mol. The van der Waals surface area contributed by atoms with E-state index in [1.807, 2.05) is 0 Å². The third-order valence-electron chi connectivity index (χ3n) is 2.03. The molecule has 0 aliphatic heterocycles. The molecule has 1 amide bonds. The summed E-state index contributed by atoms with van der Waals surface area (Å²) in [7, 11) is 0. The lowest BCUT2D eigenvalue weighted by molar-refractivity contribution is -0.121. The number of rotatable bonds is 3. The largest absolute Gasteiger partial charge is 0.392 e. The van der Waals surface area contributed by atoms with E-state index in [1.165, 1.54) is 6.33 Å². The molecule has 0 saturated carbocycles. The predicted octanol–water partition coefficient (Wildman–Crippen LogP) is -0.0847. The number of halogens is 1. The van der Waals surface area contributed by atoms with Gasteiger partial charge in [-0.25, -0.2) is 4.98 Å². The molecule has 6 nitrogen and oxygen atoms in total. The van der Waals surface area contributed by atoms with Crippen LogP contribution in [0.2, 0.25) is 5.15 Å². The van der Waals surface area contributed by atoms with E-state index < -0.39 is 17.5 Å². The van der Waals surface area contributed by atoms with Gasteiger partial charge < -0.3 is 11.5 Å². The van der Waals surface area contributed by atoms with Crippen LogP contribution >= 0.6 is 11.6 Å². The summed E-state index contributed by atoms with van der Waals surface area (Å²) < 4.78 is 1.09. The zero-order chi connectivity index (χ0) is 11.6. The molecule has 1 heterocycles. The first-order valence-electron chi connectivity index (χ1n) is 4.30. The highest BCUT2D eigenvalue weighted by Crippen LogP contribution is 2.12. The molecule has 0 bridgehead atoms. The van der Waals surface area contributed by atoms with Crippen LogP contribution in [0, 0.1) is 0 Å². The fraction of sp³-hybridized carbons (Fsp3) is 0.375. The molecule has 1 aromatic rings. The summed E-state index contributed by atoms with van der Waals surface area (Å²) in [5.74, 6) is -0.608. The van der Waals surface area contributed by atoms with Crippen LogP contribution < -0.4 is 17.0 Å². The lowest BCUT2D eigenvalue weighted by Gasteiger charge is -2.14. The van der Waals surface area contributed by atoms with Crippen LogP contribution in [0.25, 0.3) is 0 Å². The molecule has 7 heteroatoms. The third kappa shape index (κ3) is 2.10. The molecule has 0 spiro atoms. The number of carbonyl (C=O) groups is 1. The summed E-state index contributed by atoms with van der Waals surface area (Å²) >= 11 is 5.55. The minimum Gasteiger partial charge on any atom is -0.392 e. The number of nitrogens with zero attached hydrogens (tertiary/aromatic N) is 2. The highest BCUT2D eigenvalue weighted by Gasteiger charge is 2.18. The second-order valence-electron chi connectivity index (χ2n) is 2.99. The van der Waals surface area contributed by atoms with Gasteiger partial charge in [0.25, 0.3) is 5.56 Å². The van der Waals surface area contributed by atoms with Crippen molar-refractivity contribution in [2.45, 2.75) is 19.4 Å². The van der Waals surface area contributed by atoms with Crippen molar-refractivity contribution < 1.29 is 4.79 Å². The predicted molar refractivity (Wildman–Crippen MR) is 56.4 cm³/mol. The van der Waals surface area contributed by atoms with Crippen molar-refractivity contribution in [2.24, 2.45) is 5.73 Å². The van der Waals surface area contributed by atoms with E-state index in [-0.39, 0.29) is 10.8 Å². The van der Waals surface area contributed by atoms with Gasteiger partial charge in [-0.15, -0.1) is 0 Å². The first-order valence-corrected chi connectivity index (χ1v) is 4.68. The van der Waals surface area contributed by atoms with Gasteiger partial charge in [0, 0.05) is 0 Å². The summed E-state index contributed by atoms with van der Waals surface area (Å²) in [6.07, 6.45) is 1.55. The summed E-state index contributed by atoms with van der Waals surface area (Å²) in [6.45, 7) is 1.73. The van der Waals surface area contributed by atoms with Crippen molar-refractivity contribution in [1.82, 2.24) is 9.55 Å². The van der Waals surface area contributed by atoms with Gasteiger partial charge in [0.1, 0.15) is 18.1 Å². The summed E-state index contributed by atoms with van der Waals surface area (Å²) in [6, 6.07) is -0.746. The molecule has 0 aliphatic rings. The van der Waals surface area contributed by atoms with Crippen molar-refractivity contribution in [2.75, 3.05) is 5.73 Å². The lowest BCUT2D eigenvalue weighted by atomic mass is 10.2. The fourth-order valence-electron chi connectivity index (χ4n) is 1.22. The van der Waals surface area contributed by atoms with Gasteiger partial charge in [0.2, 0.25) is 5.91 Å². The van der Waals surface area contributed by atoms with Crippen LogP contribution in [0.3, 0.4) is 0 Å². The van der Waals surface area contributed by atoms with Crippen LogP contribution in [0.5, 0.6) is 0 Å². The smallest absolute Gasteiger partial charge is 0.278 e. The topological polar surface area (TPSA) is 104 Å². The zero-order valence-electron chi connectivity index (χ0n) is 8.11. The van der Waals surface area contributed by atoms with E-state index in [9.17, 15) is 9.59 Å². The third-order valence-corrected chi connectivity index (χ3v) is 2.33. The zero-order valence-corrected chi connectivity index (χ0v) is 8.86. The van der Waals surface area contributed by atoms with Gasteiger partial charge in [-0.05, 0) is 6.42 Å². The first kappa shape index (κ1) is 11.5. The minimum absolute atomic E-state index is 0.0735. The molecule has 1 atom stereocenters. The van der Waals surface area contributed by atoms with E-state index in [2.05, 4.69) is 4.98 Å². The highest BCUT2D eigenvalue weighted by atomic mass is 35.5. The maximum atomic E-state index is 11.6. The molecule has 4 N–H and O–H groups in total. The summed E-state index contributed by atoms with van der Waals surface area (Å²) in [5.41, 5.74) is 9.79. The lowest BCUT2D eigenvalue weighted by Crippen LogP contribution is -2.34. The van der Waals surface area contributed by atoms with Crippen molar-refractivity contribution in [3.63, 3.8) is 0 Å². The molecule has 0 aromatic carbocycles. The molecule has 0 fully saturated rings. The van der Waals surface area contributed by atoms with Gasteiger partial charge in [0.15, 0.2) is 5.15 Å². The second kappa shape index (κ2) is 4.31. The van der Waals surface area contributed by atoms with Gasteiger partial charge in [-0.3, -0.25) is 14.2 Å². The average Bonchev–Trinajstić information content (AvgIpc) is 2.18. The number of anilines is 1. The van der Waals surface area contributed by atoms with Crippen LogP contribution in [0.1, 0.15) is 19.4 Å². The van der Waals surface area contributed by atoms with Crippen LogP contribution in [-0.4, -0.2) is 15.5 Å². The van der Waals surface area contributed by atoms with Crippen LogP contribution in [0.4, 0.5) is 5.69 Å². The van der Waals surface area contributed by atoms with E-state index >= 15 is 0 Å². The second-order valence-corrected chi connectivity index (χ2v) is 3.35. The maximum absolute atomic E-state index is 11.6. The molecule has 0 radical (unpaired) electrons. The Morgan fingerprint density at radius 3 is 2.80 bits per heavy atom. The van der Waals surface area contributed by atoms with Gasteiger partial charge >= 0.3 is 0 Å². The van der Waals surface area contributed by atoms with Crippen LogP contribution in [0.15, 0.2) is 11.1 Å². The molecule has 1 aromatic heterocycles. The number of nitrogen functional groups attached to an aromatic ring is 1. The van der Waals surface area contributed by atoms with Gasteiger partial charge in [-0.2, -0.15) is 0 Å². The Morgan fingerprint density at radius 2 is 2.33 bits per heavy atom. The SMILES string of the molecule is CCC(C(N)=O)n1cnc(Cl)c(N)c1=O. The Bertz CT molecular complexity index is 443. The average molecular weight is 231 g/mol. The van der Waals surface area contributed by atoms with E-state index in [1.54, 1.807) is 6.92 Å². The first-order chi connectivity index (χ1) is 6.99. The molecule has 82 valence electrons. The molecule has 15 heavy (non-hydrogen) atoms. The van der Waals surface area contributed by atoms with E-state index in [0.29, 0.717) is 6.42 Å². The van der Waals surface area contributed by atoms with Gasteiger partial charge in [-0.1, -0.05) is 18.5 Å². The van der Waals surface area contributed by atoms with E-state index in [4.69, 9.17) is 23.1 Å². The Morgan fingerprint density at radius 1 is 1.73 bits per heavy atom.